The van der Waals surface area contributed by atoms with Crippen molar-refractivity contribution in [1.29, 1.82) is 0 Å². The summed E-state index contributed by atoms with van der Waals surface area (Å²) in [6, 6.07) is 1.95. The van der Waals surface area contributed by atoms with Crippen molar-refractivity contribution in [1.82, 2.24) is 20.2 Å². The molecule has 24 heavy (non-hydrogen) atoms. The van der Waals surface area contributed by atoms with Crippen LogP contribution in [-0.4, -0.2) is 71.7 Å². The number of carbonyl (C=O) groups is 1. The maximum Gasteiger partial charge on any atom is 0.240 e. The van der Waals surface area contributed by atoms with Crippen molar-refractivity contribution in [3.63, 3.8) is 0 Å². The van der Waals surface area contributed by atoms with Crippen molar-refractivity contribution in [2.75, 3.05) is 44.3 Å². The summed E-state index contributed by atoms with van der Waals surface area (Å²) in [5.41, 5.74) is -0.519. The lowest BCUT2D eigenvalue weighted by atomic mass is 9.98. The van der Waals surface area contributed by atoms with Gasteiger partial charge in [-0.2, -0.15) is 0 Å². The fourth-order valence-electron chi connectivity index (χ4n) is 3.36. The van der Waals surface area contributed by atoms with Crippen molar-refractivity contribution in [3.8, 4) is 0 Å². The number of hydrogen-bond donors (Lipinski definition) is 1. The van der Waals surface area contributed by atoms with Crippen LogP contribution in [0.4, 0.5) is 5.95 Å². The van der Waals surface area contributed by atoms with E-state index in [2.05, 4.69) is 25.1 Å². The van der Waals surface area contributed by atoms with E-state index in [4.69, 9.17) is 4.74 Å². The first-order valence-corrected chi connectivity index (χ1v) is 8.73. The Morgan fingerprint density at radius 2 is 1.96 bits per heavy atom. The minimum Gasteiger partial charge on any atom is -0.379 e. The molecule has 1 atom stereocenters. The predicted molar refractivity (Wildman–Crippen MR) is 91.9 cm³/mol. The van der Waals surface area contributed by atoms with Gasteiger partial charge in [0.2, 0.25) is 11.9 Å². The SMILES string of the molecule is CC(C)(C(=O)N[C@@H]1CCCN(c2ncccn2)C1)N1CCOCC1. The fourth-order valence-corrected chi connectivity index (χ4v) is 3.36. The molecule has 132 valence electrons. The van der Waals surface area contributed by atoms with Gasteiger partial charge >= 0.3 is 0 Å². The highest BCUT2D eigenvalue weighted by atomic mass is 16.5. The third kappa shape index (κ3) is 3.84. The lowest BCUT2D eigenvalue weighted by Crippen LogP contribution is -2.61. The molecule has 0 aliphatic carbocycles. The van der Waals surface area contributed by atoms with E-state index in [9.17, 15) is 4.79 Å². The van der Waals surface area contributed by atoms with E-state index >= 15 is 0 Å². The summed E-state index contributed by atoms with van der Waals surface area (Å²) in [6.45, 7) is 8.67. The highest BCUT2D eigenvalue weighted by molar-refractivity contribution is 5.85. The molecule has 1 aromatic rings. The maximum atomic E-state index is 12.8. The zero-order valence-corrected chi connectivity index (χ0v) is 14.6. The Kier molecular flexibility index (Phi) is 5.30. The monoisotopic (exact) mass is 333 g/mol. The topological polar surface area (TPSA) is 70.6 Å². The van der Waals surface area contributed by atoms with Crippen LogP contribution >= 0.6 is 0 Å². The summed E-state index contributed by atoms with van der Waals surface area (Å²) >= 11 is 0. The van der Waals surface area contributed by atoms with Crippen LogP contribution in [0.15, 0.2) is 18.5 Å². The number of amides is 1. The zero-order chi connectivity index (χ0) is 17.0. The molecule has 0 bridgehead atoms. The van der Waals surface area contributed by atoms with E-state index in [1.807, 2.05) is 19.9 Å². The van der Waals surface area contributed by atoms with Crippen molar-refractivity contribution in [2.45, 2.75) is 38.3 Å². The van der Waals surface area contributed by atoms with E-state index in [1.165, 1.54) is 0 Å². The Hall–Kier alpha value is -1.73. The summed E-state index contributed by atoms with van der Waals surface area (Å²) in [4.78, 5) is 25.8. The molecule has 0 aromatic carbocycles. The van der Waals surface area contributed by atoms with Crippen molar-refractivity contribution in [3.05, 3.63) is 18.5 Å². The van der Waals surface area contributed by atoms with Crippen LogP contribution in [0.1, 0.15) is 26.7 Å². The highest BCUT2D eigenvalue weighted by Crippen LogP contribution is 2.19. The summed E-state index contributed by atoms with van der Waals surface area (Å²) in [5, 5.41) is 3.24. The molecule has 2 aliphatic heterocycles. The molecule has 3 heterocycles. The first-order valence-electron chi connectivity index (χ1n) is 8.73. The first kappa shape index (κ1) is 17.1. The minimum atomic E-state index is -0.519. The van der Waals surface area contributed by atoms with Gasteiger partial charge in [-0.15, -0.1) is 0 Å². The van der Waals surface area contributed by atoms with Crippen LogP contribution in [0.25, 0.3) is 0 Å². The maximum absolute atomic E-state index is 12.8. The van der Waals surface area contributed by atoms with Gasteiger partial charge in [0.1, 0.15) is 0 Å². The number of hydrogen-bond acceptors (Lipinski definition) is 6. The molecule has 1 amide bonds. The summed E-state index contributed by atoms with van der Waals surface area (Å²) in [7, 11) is 0. The molecule has 7 heteroatoms. The average molecular weight is 333 g/mol. The number of nitrogens with one attached hydrogen (secondary N) is 1. The normalized spacial score (nSPS) is 23.1. The van der Waals surface area contributed by atoms with Crippen LogP contribution < -0.4 is 10.2 Å². The molecule has 0 spiro atoms. The van der Waals surface area contributed by atoms with Gasteiger partial charge in [0.05, 0.1) is 18.8 Å². The number of ether oxygens (including phenoxy) is 1. The summed E-state index contributed by atoms with van der Waals surface area (Å²) in [5.74, 6) is 0.828. The van der Waals surface area contributed by atoms with E-state index in [1.54, 1.807) is 12.4 Å². The molecule has 1 aromatic heterocycles. The van der Waals surface area contributed by atoms with Gasteiger partial charge in [-0.05, 0) is 32.8 Å². The standard InChI is InChI=1S/C17H27N5O2/c1-17(2,22-9-11-24-12-10-22)15(23)20-14-5-3-8-21(13-14)16-18-6-4-7-19-16/h4,6-7,14H,3,5,8-13H2,1-2H3,(H,20,23)/t14-/m1/s1. The molecule has 2 fully saturated rings. The predicted octanol–water partition coefficient (Wildman–Crippen LogP) is 0.672. The molecule has 0 saturated carbocycles. The Balaban J connectivity index is 1.59. The Morgan fingerprint density at radius 1 is 1.25 bits per heavy atom. The number of piperidine rings is 1. The number of anilines is 1. The van der Waals surface area contributed by atoms with Crippen molar-refractivity contribution < 1.29 is 9.53 Å². The van der Waals surface area contributed by atoms with Gasteiger partial charge in [-0.3, -0.25) is 9.69 Å². The molecule has 1 N–H and O–H groups in total. The number of nitrogens with zero attached hydrogens (tertiary/aromatic N) is 4. The highest BCUT2D eigenvalue weighted by Gasteiger charge is 2.37. The molecule has 2 saturated heterocycles. The van der Waals surface area contributed by atoms with E-state index in [-0.39, 0.29) is 11.9 Å². The van der Waals surface area contributed by atoms with Gasteiger partial charge in [0, 0.05) is 44.6 Å². The largest absolute Gasteiger partial charge is 0.379 e. The van der Waals surface area contributed by atoms with Gasteiger partial charge < -0.3 is 15.0 Å². The minimum absolute atomic E-state index is 0.0882. The van der Waals surface area contributed by atoms with Gasteiger partial charge in [0.15, 0.2) is 0 Å². The van der Waals surface area contributed by atoms with E-state index in [0.29, 0.717) is 13.2 Å². The second kappa shape index (κ2) is 7.44. The van der Waals surface area contributed by atoms with Crippen LogP contribution in [-0.2, 0) is 9.53 Å². The van der Waals surface area contributed by atoms with Crippen LogP contribution in [0.3, 0.4) is 0 Å². The van der Waals surface area contributed by atoms with Crippen molar-refractivity contribution >= 4 is 11.9 Å². The summed E-state index contributed by atoms with van der Waals surface area (Å²) in [6.07, 6.45) is 5.54. The molecular weight excluding hydrogens is 306 g/mol. The second-order valence-electron chi connectivity index (χ2n) is 6.97. The number of rotatable bonds is 4. The number of carbonyl (C=O) groups excluding carboxylic acids is 1. The third-order valence-corrected chi connectivity index (χ3v) is 4.95. The van der Waals surface area contributed by atoms with E-state index < -0.39 is 5.54 Å². The van der Waals surface area contributed by atoms with Gasteiger partial charge in [-0.25, -0.2) is 9.97 Å². The number of morpholine rings is 1. The first-order chi connectivity index (χ1) is 11.6. The number of aromatic nitrogens is 2. The third-order valence-electron chi connectivity index (χ3n) is 4.95. The quantitative estimate of drug-likeness (QED) is 0.873. The van der Waals surface area contributed by atoms with Crippen LogP contribution in [0.5, 0.6) is 0 Å². The van der Waals surface area contributed by atoms with Crippen LogP contribution in [0, 0.1) is 0 Å². The molecule has 2 aliphatic rings. The Morgan fingerprint density at radius 3 is 2.67 bits per heavy atom. The second-order valence-corrected chi connectivity index (χ2v) is 6.97. The molecule has 0 radical (unpaired) electrons. The molecule has 3 rings (SSSR count). The molecular formula is C17H27N5O2. The average Bonchev–Trinajstić information content (AvgIpc) is 2.63. The Labute approximate surface area is 143 Å². The van der Waals surface area contributed by atoms with Gasteiger partial charge in [-0.1, -0.05) is 0 Å². The van der Waals surface area contributed by atoms with E-state index in [0.717, 1.165) is 45.0 Å². The Bertz CT molecular complexity index is 545. The lowest BCUT2D eigenvalue weighted by Gasteiger charge is -2.41. The molecule has 7 nitrogen and oxygen atoms in total. The summed E-state index contributed by atoms with van der Waals surface area (Å²) < 4.78 is 5.39. The van der Waals surface area contributed by atoms with Crippen LogP contribution in [0.2, 0.25) is 0 Å². The van der Waals surface area contributed by atoms with Crippen molar-refractivity contribution in [2.24, 2.45) is 0 Å². The van der Waals surface area contributed by atoms with Gasteiger partial charge in [0.25, 0.3) is 0 Å². The molecule has 0 unspecified atom stereocenters. The zero-order valence-electron chi connectivity index (χ0n) is 14.6. The smallest absolute Gasteiger partial charge is 0.240 e. The lowest BCUT2D eigenvalue weighted by molar-refractivity contribution is -0.135. The fraction of sp³-hybridized carbons (Fsp3) is 0.706.